The first-order chi connectivity index (χ1) is 8.89. The van der Waals surface area contributed by atoms with Gasteiger partial charge in [-0.3, -0.25) is 0 Å². The normalized spacial score (nSPS) is 15.4. The Morgan fingerprint density at radius 2 is 2.05 bits per heavy atom. The van der Waals surface area contributed by atoms with E-state index in [1.807, 2.05) is 14.0 Å². The van der Waals surface area contributed by atoms with Crippen molar-refractivity contribution in [2.75, 3.05) is 7.05 Å². The third kappa shape index (κ3) is 5.22. The van der Waals surface area contributed by atoms with Gasteiger partial charge in [-0.1, -0.05) is 20.3 Å². The van der Waals surface area contributed by atoms with Crippen molar-refractivity contribution >= 4 is 21.4 Å². The highest BCUT2D eigenvalue weighted by atomic mass is 32.2. The second-order valence-corrected chi connectivity index (χ2v) is 7.76. The summed E-state index contributed by atoms with van der Waals surface area (Å²) in [6.07, 6.45) is 1.93. The van der Waals surface area contributed by atoms with Gasteiger partial charge in [0.15, 0.2) is 0 Å². The first-order valence-electron chi connectivity index (χ1n) is 6.63. The Hall–Kier alpha value is -0.430. The average molecular weight is 304 g/mol. The van der Waals surface area contributed by atoms with Gasteiger partial charge in [-0.2, -0.15) is 0 Å². The lowest BCUT2D eigenvalue weighted by molar-refractivity contribution is 0.445. The lowest BCUT2D eigenvalue weighted by Crippen LogP contribution is -2.33. The summed E-state index contributed by atoms with van der Waals surface area (Å²) >= 11 is 1.46. The van der Waals surface area contributed by atoms with E-state index in [0.717, 1.165) is 17.7 Å². The van der Waals surface area contributed by atoms with E-state index >= 15 is 0 Å². The number of hydrogen-bond acceptors (Lipinski definition) is 4. The molecule has 0 fully saturated rings. The van der Waals surface area contributed by atoms with Gasteiger partial charge in [0.1, 0.15) is 0 Å². The minimum Gasteiger partial charge on any atom is -0.315 e. The fraction of sp³-hybridized carbons (Fsp3) is 0.692. The van der Waals surface area contributed by atoms with Gasteiger partial charge in [-0.05, 0) is 32.4 Å². The molecule has 2 N–H and O–H groups in total. The van der Waals surface area contributed by atoms with Crippen LogP contribution in [0.3, 0.4) is 0 Å². The summed E-state index contributed by atoms with van der Waals surface area (Å²) in [7, 11) is -1.53. The van der Waals surface area contributed by atoms with Crippen molar-refractivity contribution < 1.29 is 8.42 Å². The fourth-order valence-corrected chi connectivity index (χ4v) is 4.46. The van der Waals surface area contributed by atoms with E-state index in [2.05, 4.69) is 23.9 Å². The smallest absolute Gasteiger partial charge is 0.241 e. The number of nitrogens with one attached hydrogen (secondary N) is 2. The fourth-order valence-electron chi connectivity index (χ4n) is 1.92. The summed E-state index contributed by atoms with van der Waals surface area (Å²) in [6, 6.07) is 1.70. The summed E-state index contributed by atoms with van der Waals surface area (Å²) < 4.78 is 27.2. The van der Waals surface area contributed by atoms with Crippen LogP contribution in [0.15, 0.2) is 16.3 Å². The molecule has 19 heavy (non-hydrogen) atoms. The number of sulfonamides is 1. The molecule has 1 heterocycles. The van der Waals surface area contributed by atoms with Crippen LogP contribution >= 0.6 is 11.3 Å². The summed E-state index contributed by atoms with van der Waals surface area (Å²) in [5.74, 6) is 0.528. The van der Waals surface area contributed by atoms with Crippen molar-refractivity contribution in [3.8, 4) is 0 Å². The molecular formula is C13H24N2O2S2. The SMILES string of the molecule is CCC(C)CC(C)NS(=O)(=O)c1csc(CNC)c1. The molecule has 0 bridgehead atoms. The largest absolute Gasteiger partial charge is 0.315 e. The van der Waals surface area contributed by atoms with E-state index in [9.17, 15) is 8.42 Å². The molecule has 1 aromatic heterocycles. The van der Waals surface area contributed by atoms with Gasteiger partial charge in [-0.15, -0.1) is 11.3 Å². The standard InChI is InChI=1S/C13H24N2O2S2/c1-5-10(2)6-11(3)15-19(16,17)13-7-12(8-14-4)18-9-13/h7,9-11,14-15H,5-6,8H2,1-4H3. The zero-order valence-corrected chi connectivity index (χ0v) is 13.7. The summed E-state index contributed by atoms with van der Waals surface area (Å²) in [5.41, 5.74) is 0. The second-order valence-electron chi connectivity index (χ2n) is 5.05. The topological polar surface area (TPSA) is 58.2 Å². The zero-order valence-electron chi connectivity index (χ0n) is 12.1. The van der Waals surface area contributed by atoms with Crippen LogP contribution in [0.25, 0.3) is 0 Å². The number of rotatable bonds is 8. The highest BCUT2D eigenvalue weighted by Crippen LogP contribution is 2.20. The molecule has 0 spiro atoms. The molecule has 4 nitrogen and oxygen atoms in total. The summed E-state index contributed by atoms with van der Waals surface area (Å²) in [6.45, 7) is 6.88. The Labute approximate surface area is 120 Å². The zero-order chi connectivity index (χ0) is 14.5. The van der Waals surface area contributed by atoms with Gasteiger partial charge >= 0.3 is 0 Å². The molecule has 0 radical (unpaired) electrons. The first-order valence-corrected chi connectivity index (χ1v) is 8.99. The molecule has 0 amide bonds. The highest BCUT2D eigenvalue weighted by molar-refractivity contribution is 7.89. The number of hydrogen-bond donors (Lipinski definition) is 2. The van der Waals surface area contributed by atoms with E-state index in [4.69, 9.17) is 0 Å². The predicted octanol–water partition coefficient (Wildman–Crippen LogP) is 2.57. The van der Waals surface area contributed by atoms with Crippen molar-refractivity contribution in [3.05, 3.63) is 16.3 Å². The van der Waals surface area contributed by atoms with E-state index in [-0.39, 0.29) is 6.04 Å². The van der Waals surface area contributed by atoms with Crippen LogP contribution in [-0.2, 0) is 16.6 Å². The molecule has 2 atom stereocenters. The van der Waals surface area contributed by atoms with E-state index in [0.29, 0.717) is 17.4 Å². The van der Waals surface area contributed by atoms with Crippen LogP contribution in [0.4, 0.5) is 0 Å². The van der Waals surface area contributed by atoms with Gasteiger partial charge < -0.3 is 5.32 Å². The van der Waals surface area contributed by atoms with Crippen molar-refractivity contribution in [2.45, 2.75) is 51.1 Å². The van der Waals surface area contributed by atoms with Crippen LogP contribution < -0.4 is 10.0 Å². The van der Waals surface area contributed by atoms with Crippen LogP contribution in [-0.4, -0.2) is 21.5 Å². The van der Waals surface area contributed by atoms with Gasteiger partial charge in [0.25, 0.3) is 0 Å². The Morgan fingerprint density at radius 3 is 2.63 bits per heavy atom. The van der Waals surface area contributed by atoms with Crippen molar-refractivity contribution in [3.63, 3.8) is 0 Å². The first kappa shape index (κ1) is 16.6. The average Bonchev–Trinajstić information content (AvgIpc) is 2.78. The van der Waals surface area contributed by atoms with Crippen LogP contribution in [0, 0.1) is 5.92 Å². The lowest BCUT2D eigenvalue weighted by Gasteiger charge is -2.17. The Kier molecular flexibility index (Phi) is 6.46. The second kappa shape index (κ2) is 7.38. The molecule has 0 saturated carbocycles. The van der Waals surface area contributed by atoms with Crippen LogP contribution in [0.2, 0.25) is 0 Å². The van der Waals surface area contributed by atoms with Crippen molar-refractivity contribution in [1.82, 2.24) is 10.0 Å². The van der Waals surface area contributed by atoms with E-state index in [1.54, 1.807) is 11.4 Å². The maximum atomic E-state index is 12.2. The predicted molar refractivity (Wildman–Crippen MR) is 80.9 cm³/mol. The minimum absolute atomic E-state index is 0.0346. The molecule has 2 unspecified atom stereocenters. The number of thiophene rings is 1. The molecule has 1 aromatic rings. The van der Waals surface area contributed by atoms with Crippen molar-refractivity contribution in [2.24, 2.45) is 5.92 Å². The molecular weight excluding hydrogens is 280 g/mol. The molecule has 1 rings (SSSR count). The molecule has 0 saturated heterocycles. The molecule has 0 aliphatic rings. The molecule has 0 aliphatic heterocycles. The minimum atomic E-state index is -3.38. The van der Waals surface area contributed by atoms with Crippen molar-refractivity contribution in [1.29, 1.82) is 0 Å². The summed E-state index contributed by atoms with van der Waals surface area (Å²) in [5, 5.41) is 4.72. The van der Waals surface area contributed by atoms with Crippen LogP contribution in [0.5, 0.6) is 0 Å². The molecule has 6 heteroatoms. The van der Waals surface area contributed by atoms with Gasteiger partial charge in [-0.25, -0.2) is 13.1 Å². The maximum absolute atomic E-state index is 12.2. The van der Waals surface area contributed by atoms with Gasteiger partial charge in [0.2, 0.25) is 10.0 Å². The maximum Gasteiger partial charge on any atom is 0.241 e. The van der Waals surface area contributed by atoms with Gasteiger partial charge in [0.05, 0.1) is 4.90 Å². The Bertz CT molecular complexity index is 483. The Morgan fingerprint density at radius 1 is 1.37 bits per heavy atom. The van der Waals surface area contributed by atoms with E-state index in [1.165, 1.54) is 11.3 Å². The molecule has 0 aromatic carbocycles. The Balaban J connectivity index is 2.69. The highest BCUT2D eigenvalue weighted by Gasteiger charge is 2.19. The van der Waals surface area contributed by atoms with E-state index < -0.39 is 10.0 Å². The van der Waals surface area contributed by atoms with Crippen LogP contribution in [0.1, 0.15) is 38.5 Å². The van der Waals surface area contributed by atoms with Gasteiger partial charge in [0, 0.05) is 22.8 Å². The molecule has 0 aliphatic carbocycles. The monoisotopic (exact) mass is 304 g/mol. The lowest BCUT2D eigenvalue weighted by atomic mass is 10.0. The third-order valence-electron chi connectivity index (χ3n) is 3.10. The quantitative estimate of drug-likeness (QED) is 0.776. The third-order valence-corrected chi connectivity index (χ3v) is 5.76. The molecule has 110 valence electrons. The summed E-state index contributed by atoms with van der Waals surface area (Å²) in [4.78, 5) is 1.40.